The average molecular weight is 345 g/mol. The molecule has 1 aromatic carbocycles. The summed E-state index contributed by atoms with van der Waals surface area (Å²) >= 11 is 0. The van der Waals surface area contributed by atoms with Crippen LogP contribution in [0.15, 0.2) is 29.3 Å². The van der Waals surface area contributed by atoms with Crippen molar-refractivity contribution >= 4 is 5.96 Å². The highest BCUT2D eigenvalue weighted by molar-refractivity contribution is 5.80. The van der Waals surface area contributed by atoms with Crippen LogP contribution in [0.4, 0.5) is 0 Å². The summed E-state index contributed by atoms with van der Waals surface area (Å²) in [4.78, 5) is 9.51. The van der Waals surface area contributed by atoms with Gasteiger partial charge >= 0.3 is 0 Å². The van der Waals surface area contributed by atoms with Crippen LogP contribution in [0.25, 0.3) is 0 Å². The highest BCUT2D eigenvalue weighted by Crippen LogP contribution is 2.28. The van der Waals surface area contributed by atoms with Gasteiger partial charge in [0.1, 0.15) is 5.75 Å². The molecule has 2 saturated heterocycles. The van der Waals surface area contributed by atoms with E-state index < -0.39 is 0 Å². The number of methoxy groups -OCH3 is 1. The smallest absolute Gasteiger partial charge is 0.193 e. The third kappa shape index (κ3) is 4.27. The molecule has 0 saturated carbocycles. The number of hydrogen-bond donors (Lipinski definition) is 1. The van der Waals surface area contributed by atoms with Crippen molar-refractivity contribution in [1.82, 2.24) is 15.1 Å². The molecule has 1 aromatic rings. The lowest BCUT2D eigenvalue weighted by molar-refractivity contribution is 0.265. The molecule has 2 atom stereocenters. The fraction of sp³-hybridized carbons (Fsp3) is 0.650. The number of ether oxygens (including phenoxy) is 1. The van der Waals surface area contributed by atoms with E-state index in [0.717, 1.165) is 37.9 Å². The molecule has 0 amide bonds. The van der Waals surface area contributed by atoms with E-state index in [1.807, 2.05) is 7.05 Å². The number of likely N-dealkylation sites (tertiary alicyclic amines) is 2. The summed E-state index contributed by atoms with van der Waals surface area (Å²) in [5.41, 5.74) is 1.40. The molecule has 0 spiro atoms. The van der Waals surface area contributed by atoms with Crippen LogP contribution in [0.3, 0.4) is 0 Å². The summed E-state index contributed by atoms with van der Waals surface area (Å²) in [7, 11) is 3.61. The highest BCUT2D eigenvalue weighted by Gasteiger charge is 2.28. The zero-order chi connectivity index (χ0) is 17.6. The molecule has 0 aliphatic carbocycles. The molecule has 2 fully saturated rings. The average Bonchev–Trinajstić information content (AvgIpc) is 3.32. The molecular formula is C20H32N4O. The Balaban J connectivity index is 1.54. The van der Waals surface area contributed by atoms with Gasteiger partial charge in [0.25, 0.3) is 0 Å². The van der Waals surface area contributed by atoms with E-state index in [0.29, 0.717) is 12.0 Å². The Hall–Kier alpha value is -1.75. The van der Waals surface area contributed by atoms with Gasteiger partial charge in [-0.1, -0.05) is 19.1 Å². The van der Waals surface area contributed by atoms with Gasteiger partial charge in [0.15, 0.2) is 5.96 Å². The first kappa shape index (κ1) is 18.1. The number of hydrogen-bond acceptors (Lipinski definition) is 3. The van der Waals surface area contributed by atoms with Crippen LogP contribution in [-0.2, 0) is 0 Å². The number of likely N-dealkylation sites (N-methyl/N-ethyl adjacent to an activating group) is 1. The number of nitrogens with zero attached hydrogens (tertiary/aromatic N) is 3. The van der Waals surface area contributed by atoms with Gasteiger partial charge in [-0.2, -0.15) is 0 Å². The molecule has 5 heteroatoms. The minimum atomic E-state index is 0.572. The number of rotatable bonds is 5. The van der Waals surface area contributed by atoms with Gasteiger partial charge in [-0.15, -0.1) is 0 Å². The van der Waals surface area contributed by atoms with E-state index in [-0.39, 0.29) is 0 Å². The van der Waals surface area contributed by atoms with E-state index in [1.165, 1.54) is 31.4 Å². The lowest BCUT2D eigenvalue weighted by Crippen LogP contribution is -2.46. The van der Waals surface area contributed by atoms with Gasteiger partial charge in [0.05, 0.1) is 7.11 Å². The van der Waals surface area contributed by atoms with Gasteiger partial charge in [-0.25, -0.2) is 0 Å². The summed E-state index contributed by atoms with van der Waals surface area (Å²) in [5, 5.41) is 3.62. The maximum Gasteiger partial charge on any atom is 0.193 e. The zero-order valence-corrected chi connectivity index (χ0v) is 15.9. The second-order valence-corrected chi connectivity index (χ2v) is 7.06. The van der Waals surface area contributed by atoms with Gasteiger partial charge in [-0.05, 0) is 50.0 Å². The third-order valence-electron chi connectivity index (χ3n) is 5.69. The molecule has 5 nitrogen and oxygen atoms in total. The summed E-state index contributed by atoms with van der Waals surface area (Å²) in [6.45, 7) is 7.75. The fourth-order valence-corrected chi connectivity index (χ4v) is 4.18. The van der Waals surface area contributed by atoms with Crippen molar-refractivity contribution in [3.63, 3.8) is 0 Å². The SMILES string of the molecule is CCN1CCCC1CNC(=NC)N1CCC(c2ccc(OC)cc2)C1. The molecule has 2 unspecified atom stereocenters. The molecule has 1 N–H and O–H groups in total. The molecule has 0 radical (unpaired) electrons. The Morgan fingerprint density at radius 2 is 2.04 bits per heavy atom. The van der Waals surface area contributed by atoms with Gasteiger partial charge in [-0.3, -0.25) is 9.89 Å². The van der Waals surface area contributed by atoms with Crippen molar-refractivity contribution in [3.8, 4) is 5.75 Å². The quantitative estimate of drug-likeness (QED) is 0.658. The first-order valence-corrected chi connectivity index (χ1v) is 9.58. The topological polar surface area (TPSA) is 40.1 Å². The van der Waals surface area contributed by atoms with E-state index >= 15 is 0 Å². The van der Waals surface area contributed by atoms with Crippen LogP contribution in [0, 0.1) is 0 Å². The predicted octanol–water partition coefficient (Wildman–Crippen LogP) is 2.54. The number of nitrogens with one attached hydrogen (secondary N) is 1. The van der Waals surface area contributed by atoms with E-state index in [1.54, 1.807) is 7.11 Å². The Morgan fingerprint density at radius 3 is 2.72 bits per heavy atom. The van der Waals surface area contributed by atoms with Gasteiger partial charge < -0.3 is 15.0 Å². The number of aliphatic imine (C=N–C) groups is 1. The maximum atomic E-state index is 5.26. The predicted molar refractivity (Wildman–Crippen MR) is 104 cm³/mol. The first-order chi connectivity index (χ1) is 12.2. The van der Waals surface area contributed by atoms with Crippen LogP contribution in [-0.4, -0.2) is 68.7 Å². The van der Waals surface area contributed by atoms with Crippen LogP contribution in [0.1, 0.15) is 37.7 Å². The molecule has 2 aliphatic heterocycles. The van der Waals surface area contributed by atoms with Crippen LogP contribution < -0.4 is 10.1 Å². The molecule has 0 aromatic heterocycles. The minimum absolute atomic E-state index is 0.572. The Morgan fingerprint density at radius 1 is 1.24 bits per heavy atom. The summed E-state index contributed by atoms with van der Waals surface area (Å²) < 4.78 is 5.26. The van der Waals surface area contributed by atoms with Crippen LogP contribution >= 0.6 is 0 Å². The van der Waals surface area contributed by atoms with Crippen molar-refractivity contribution in [3.05, 3.63) is 29.8 Å². The number of benzene rings is 1. The van der Waals surface area contributed by atoms with Crippen molar-refractivity contribution in [2.24, 2.45) is 4.99 Å². The van der Waals surface area contributed by atoms with Crippen molar-refractivity contribution in [1.29, 1.82) is 0 Å². The Bertz CT molecular complexity index is 572. The normalized spacial score (nSPS) is 24.8. The van der Waals surface area contributed by atoms with E-state index in [4.69, 9.17) is 4.74 Å². The number of guanidine groups is 1. The van der Waals surface area contributed by atoms with Crippen molar-refractivity contribution in [2.75, 3.05) is 46.9 Å². The van der Waals surface area contributed by atoms with Crippen molar-refractivity contribution in [2.45, 2.75) is 38.1 Å². The molecule has 0 bridgehead atoms. The van der Waals surface area contributed by atoms with Gasteiger partial charge in [0.2, 0.25) is 0 Å². The molecule has 3 rings (SSSR count). The summed E-state index contributed by atoms with van der Waals surface area (Å²) in [5.74, 6) is 2.55. The molecule has 138 valence electrons. The molecular weight excluding hydrogens is 312 g/mol. The standard InChI is InChI=1S/C20H32N4O/c1-4-23-12-5-6-18(23)14-22-20(21-2)24-13-11-17(15-24)16-7-9-19(25-3)10-8-16/h7-10,17-18H,4-6,11-15H2,1-3H3,(H,21,22). The second-order valence-electron chi connectivity index (χ2n) is 7.06. The monoisotopic (exact) mass is 344 g/mol. The summed E-state index contributed by atoms with van der Waals surface area (Å²) in [6.07, 6.45) is 3.80. The van der Waals surface area contributed by atoms with Crippen LogP contribution in [0.5, 0.6) is 5.75 Å². The Labute approximate surface area is 152 Å². The minimum Gasteiger partial charge on any atom is -0.497 e. The maximum absolute atomic E-state index is 5.26. The van der Waals surface area contributed by atoms with Crippen molar-refractivity contribution < 1.29 is 4.74 Å². The molecule has 2 aliphatic rings. The van der Waals surface area contributed by atoms with E-state index in [9.17, 15) is 0 Å². The molecule has 25 heavy (non-hydrogen) atoms. The fourth-order valence-electron chi connectivity index (χ4n) is 4.18. The lowest BCUT2D eigenvalue weighted by Gasteiger charge is -2.27. The Kier molecular flexibility index (Phi) is 6.19. The summed E-state index contributed by atoms with van der Waals surface area (Å²) in [6, 6.07) is 9.16. The largest absolute Gasteiger partial charge is 0.497 e. The van der Waals surface area contributed by atoms with Gasteiger partial charge in [0, 0.05) is 38.6 Å². The van der Waals surface area contributed by atoms with E-state index in [2.05, 4.69) is 51.3 Å². The lowest BCUT2D eigenvalue weighted by atomic mass is 9.98. The first-order valence-electron chi connectivity index (χ1n) is 9.58. The molecule has 2 heterocycles. The highest BCUT2D eigenvalue weighted by atomic mass is 16.5. The second kappa shape index (κ2) is 8.56. The van der Waals surface area contributed by atoms with Crippen LogP contribution in [0.2, 0.25) is 0 Å². The zero-order valence-electron chi connectivity index (χ0n) is 15.9. The third-order valence-corrected chi connectivity index (χ3v) is 5.69.